The quantitative estimate of drug-likeness (QED) is 0.630. The van der Waals surface area contributed by atoms with Crippen molar-refractivity contribution in [3.05, 3.63) is 52.7 Å². The molecule has 0 atom stereocenters. The summed E-state index contributed by atoms with van der Waals surface area (Å²) in [7, 11) is 0. The second-order valence-corrected chi connectivity index (χ2v) is 4.40. The maximum absolute atomic E-state index is 12.5. The molecular weight excluding hydrogens is 258 g/mol. The maximum Gasteiger partial charge on any atom is 0.202 e. The van der Waals surface area contributed by atoms with E-state index in [1.807, 2.05) is 0 Å². The van der Waals surface area contributed by atoms with Gasteiger partial charge in [-0.2, -0.15) is 0 Å². The van der Waals surface area contributed by atoms with Crippen molar-refractivity contribution in [2.24, 2.45) is 0 Å². The van der Waals surface area contributed by atoms with Gasteiger partial charge in [0.1, 0.15) is 17.1 Å². The van der Waals surface area contributed by atoms with Crippen LogP contribution < -0.4 is 11.2 Å². The lowest BCUT2D eigenvalue weighted by Gasteiger charge is -2.07. The maximum atomic E-state index is 12.5. The molecule has 0 fully saturated rings. The van der Waals surface area contributed by atoms with Gasteiger partial charge in [-0.25, -0.2) is 0 Å². The molecule has 0 aliphatic carbocycles. The van der Waals surface area contributed by atoms with E-state index in [0.717, 1.165) is 0 Å². The first-order valence-electron chi connectivity index (χ1n) is 5.91. The lowest BCUT2D eigenvalue weighted by Crippen LogP contribution is -2.08. The fourth-order valence-corrected chi connectivity index (χ4v) is 2.10. The monoisotopic (exact) mass is 269 g/mol. The second kappa shape index (κ2) is 4.31. The molecule has 0 aliphatic heterocycles. The number of fused-ring (bicyclic) bond motifs is 1. The number of phenols is 2. The van der Waals surface area contributed by atoms with Crippen LogP contribution in [0.3, 0.4) is 0 Å². The van der Waals surface area contributed by atoms with Crippen LogP contribution in [0.15, 0.2) is 51.7 Å². The summed E-state index contributed by atoms with van der Waals surface area (Å²) >= 11 is 0. The van der Waals surface area contributed by atoms with Crippen molar-refractivity contribution in [3.8, 4) is 22.6 Å². The summed E-state index contributed by atoms with van der Waals surface area (Å²) in [6.07, 6.45) is 0. The van der Waals surface area contributed by atoms with Crippen LogP contribution in [-0.4, -0.2) is 10.2 Å². The van der Waals surface area contributed by atoms with Crippen LogP contribution in [0.4, 0.5) is 5.88 Å². The van der Waals surface area contributed by atoms with Crippen molar-refractivity contribution in [1.29, 1.82) is 0 Å². The summed E-state index contributed by atoms with van der Waals surface area (Å²) in [6.45, 7) is 0. The van der Waals surface area contributed by atoms with E-state index >= 15 is 0 Å². The molecule has 0 spiro atoms. The Bertz CT molecular complexity index is 850. The number of nitrogen functional groups attached to an aromatic ring is 1. The summed E-state index contributed by atoms with van der Waals surface area (Å²) in [5.74, 6) is 0.0682. The summed E-state index contributed by atoms with van der Waals surface area (Å²) in [6, 6.07) is 10.3. The number of nitrogens with two attached hydrogens (primary N) is 1. The van der Waals surface area contributed by atoms with Crippen LogP contribution in [0.1, 0.15) is 0 Å². The summed E-state index contributed by atoms with van der Waals surface area (Å²) in [5.41, 5.74) is 6.54. The second-order valence-electron chi connectivity index (χ2n) is 4.40. The van der Waals surface area contributed by atoms with Gasteiger partial charge in [0.05, 0.1) is 10.9 Å². The Morgan fingerprint density at radius 2 is 1.60 bits per heavy atom. The van der Waals surface area contributed by atoms with Crippen molar-refractivity contribution >= 4 is 16.9 Å². The third-order valence-corrected chi connectivity index (χ3v) is 3.06. The summed E-state index contributed by atoms with van der Waals surface area (Å²) in [5, 5.41) is 19.0. The first-order valence-corrected chi connectivity index (χ1v) is 5.91. The Balaban J connectivity index is 2.34. The van der Waals surface area contributed by atoms with Crippen LogP contribution >= 0.6 is 0 Å². The van der Waals surface area contributed by atoms with Gasteiger partial charge in [-0.05, 0) is 29.8 Å². The number of aromatic hydroxyl groups is 2. The van der Waals surface area contributed by atoms with E-state index < -0.39 is 0 Å². The molecule has 0 bridgehead atoms. The normalized spacial score (nSPS) is 10.8. The summed E-state index contributed by atoms with van der Waals surface area (Å²) < 4.78 is 5.39. The van der Waals surface area contributed by atoms with Crippen LogP contribution in [-0.2, 0) is 0 Å². The molecule has 0 aliphatic rings. The standard InChI is InChI=1S/C15H11NO4/c16-15-13(8-1-3-9(17)4-2-8)14(19)11-6-5-10(18)7-12(11)20-15/h1-7,17-18H,16H2. The topological polar surface area (TPSA) is 96.7 Å². The number of hydrogen-bond donors (Lipinski definition) is 3. The van der Waals surface area contributed by atoms with Gasteiger partial charge in [-0.3, -0.25) is 4.79 Å². The van der Waals surface area contributed by atoms with E-state index in [4.69, 9.17) is 10.2 Å². The van der Waals surface area contributed by atoms with E-state index in [1.165, 1.54) is 30.3 Å². The number of anilines is 1. The highest BCUT2D eigenvalue weighted by atomic mass is 16.3. The van der Waals surface area contributed by atoms with Crippen LogP contribution in [0, 0.1) is 0 Å². The van der Waals surface area contributed by atoms with E-state index in [0.29, 0.717) is 10.9 Å². The van der Waals surface area contributed by atoms with E-state index in [9.17, 15) is 15.0 Å². The van der Waals surface area contributed by atoms with Gasteiger partial charge in [0.2, 0.25) is 11.3 Å². The van der Waals surface area contributed by atoms with E-state index in [1.54, 1.807) is 12.1 Å². The van der Waals surface area contributed by atoms with Gasteiger partial charge >= 0.3 is 0 Å². The molecule has 0 saturated heterocycles. The molecule has 5 nitrogen and oxygen atoms in total. The first-order chi connectivity index (χ1) is 9.56. The minimum absolute atomic E-state index is 0.00238. The van der Waals surface area contributed by atoms with Crippen LogP contribution in [0.2, 0.25) is 0 Å². The van der Waals surface area contributed by atoms with E-state index in [-0.39, 0.29) is 34.0 Å². The minimum atomic E-state index is -0.283. The fourth-order valence-electron chi connectivity index (χ4n) is 2.10. The fraction of sp³-hybridized carbons (Fsp3) is 0. The number of hydrogen-bond acceptors (Lipinski definition) is 5. The zero-order chi connectivity index (χ0) is 14.3. The molecule has 1 aromatic heterocycles. The predicted molar refractivity (Wildman–Crippen MR) is 75.7 cm³/mol. The minimum Gasteiger partial charge on any atom is -0.508 e. The highest BCUT2D eigenvalue weighted by molar-refractivity contribution is 5.86. The third kappa shape index (κ3) is 1.85. The zero-order valence-electron chi connectivity index (χ0n) is 10.3. The summed E-state index contributed by atoms with van der Waals surface area (Å²) in [4.78, 5) is 12.5. The van der Waals surface area contributed by atoms with E-state index in [2.05, 4.69) is 0 Å². The van der Waals surface area contributed by atoms with Gasteiger partial charge in [-0.1, -0.05) is 12.1 Å². The molecule has 3 rings (SSSR count). The lowest BCUT2D eigenvalue weighted by molar-refractivity contribution is 0.474. The van der Waals surface area contributed by atoms with Gasteiger partial charge in [0.15, 0.2) is 0 Å². The molecule has 1 heterocycles. The number of phenolic OH excluding ortho intramolecular Hbond substituents is 2. The smallest absolute Gasteiger partial charge is 0.202 e. The zero-order valence-corrected chi connectivity index (χ0v) is 10.3. The lowest BCUT2D eigenvalue weighted by atomic mass is 10.0. The molecule has 2 aromatic carbocycles. The number of benzene rings is 2. The van der Waals surface area contributed by atoms with Gasteiger partial charge in [-0.15, -0.1) is 0 Å². The Labute approximate surface area is 113 Å². The first kappa shape index (κ1) is 12.1. The third-order valence-electron chi connectivity index (χ3n) is 3.06. The Morgan fingerprint density at radius 3 is 2.30 bits per heavy atom. The molecule has 100 valence electrons. The molecule has 20 heavy (non-hydrogen) atoms. The molecule has 0 unspecified atom stereocenters. The van der Waals surface area contributed by atoms with Crippen LogP contribution in [0.25, 0.3) is 22.1 Å². The van der Waals surface area contributed by atoms with Crippen molar-refractivity contribution in [2.75, 3.05) is 5.73 Å². The molecule has 0 saturated carbocycles. The van der Waals surface area contributed by atoms with Crippen LogP contribution in [0.5, 0.6) is 11.5 Å². The molecule has 4 N–H and O–H groups in total. The average Bonchev–Trinajstić information content (AvgIpc) is 2.40. The van der Waals surface area contributed by atoms with Crippen molar-refractivity contribution in [1.82, 2.24) is 0 Å². The molecule has 3 aromatic rings. The van der Waals surface area contributed by atoms with Crippen molar-refractivity contribution < 1.29 is 14.6 Å². The Kier molecular flexibility index (Phi) is 2.61. The molecular formula is C15H11NO4. The highest BCUT2D eigenvalue weighted by Crippen LogP contribution is 2.28. The average molecular weight is 269 g/mol. The van der Waals surface area contributed by atoms with Gasteiger partial charge in [0, 0.05) is 6.07 Å². The van der Waals surface area contributed by atoms with Crippen molar-refractivity contribution in [3.63, 3.8) is 0 Å². The van der Waals surface area contributed by atoms with Gasteiger partial charge < -0.3 is 20.4 Å². The molecule has 5 heteroatoms. The molecule has 0 radical (unpaired) electrons. The van der Waals surface area contributed by atoms with Crippen molar-refractivity contribution in [2.45, 2.75) is 0 Å². The Hall–Kier alpha value is -2.95. The largest absolute Gasteiger partial charge is 0.508 e. The predicted octanol–water partition coefficient (Wildman–Crippen LogP) is 2.45. The molecule has 0 amide bonds. The number of rotatable bonds is 1. The highest BCUT2D eigenvalue weighted by Gasteiger charge is 2.14. The van der Waals surface area contributed by atoms with Gasteiger partial charge in [0.25, 0.3) is 0 Å². The SMILES string of the molecule is Nc1oc2cc(O)ccc2c(=O)c1-c1ccc(O)cc1. The Morgan fingerprint density at radius 1 is 0.950 bits per heavy atom.